The zero-order valence-corrected chi connectivity index (χ0v) is 26.3. The number of hydrogen-bond acceptors (Lipinski definition) is 9. The predicted molar refractivity (Wildman–Crippen MR) is 149 cm³/mol. The van der Waals surface area contributed by atoms with Crippen molar-refractivity contribution in [3.05, 3.63) is 34.3 Å². The Labute approximate surface area is 238 Å². The number of fused-ring (bicyclic) bond motifs is 5. The van der Waals surface area contributed by atoms with Crippen molar-refractivity contribution < 1.29 is 42.8 Å². The summed E-state index contributed by atoms with van der Waals surface area (Å²) in [5.41, 5.74) is -0.114. The highest BCUT2D eigenvalue weighted by Crippen LogP contribution is 2.67. The second-order valence-electron chi connectivity index (χ2n) is 13.7. The number of aliphatic hydroxyl groups excluding tert-OH is 1. The van der Waals surface area contributed by atoms with Crippen LogP contribution in [0.3, 0.4) is 0 Å². The summed E-state index contributed by atoms with van der Waals surface area (Å²) in [6, 6.07) is 0. The minimum Gasteiger partial charge on any atom is -0.504 e. The number of carbonyl (C=O) groups excluding carboxylic acids is 2. The van der Waals surface area contributed by atoms with Crippen molar-refractivity contribution in [2.45, 2.75) is 90.0 Å². The van der Waals surface area contributed by atoms with Crippen LogP contribution in [-0.4, -0.2) is 77.2 Å². The van der Waals surface area contributed by atoms with Crippen LogP contribution in [0.4, 0.5) is 0 Å². The molecule has 0 aromatic rings. The number of hydrogen-bond donors (Lipinski definition) is 1. The van der Waals surface area contributed by atoms with Crippen molar-refractivity contribution >= 4 is 20.1 Å². The molecule has 9 nitrogen and oxygen atoms in total. The van der Waals surface area contributed by atoms with Gasteiger partial charge < -0.3 is 33.2 Å². The monoisotopic (exact) mass is 576 g/mol. The fourth-order valence-corrected chi connectivity index (χ4v) is 8.89. The van der Waals surface area contributed by atoms with Gasteiger partial charge in [-0.2, -0.15) is 0 Å². The molecule has 0 aromatic heterocycles. The van der Waals surface area contributed by atoms with E-state index < -0.39 is 54.7 Å². The van der Waals surface area contributed by atoms with Gasteiger partial charge in [0.25, 0.3) is 0 Å². The summed E-state index contributed by atoms with van der Waals surface area (Å²) in [7, 11) is 0.565. The van der Waals surface area contributed by atoms with E-state index in [1.54, 1.807) is 7.11 Å². The van der Waals surface area contributed by atoms with Crippen LogP contribution in [0.2, 0.25) is 18.1 Å². The van der Waals surface area contributed by atoms with Crippen molar-refractivity contribution in [2.24, 2.45) is 16.7 Å². The molecule has 0 unspecified atom stereocenters. The summed E-state index contributed by atoms with van der Waals surface area (Å²) in [6.07, 6.45) is 1.83. The first-order valence-corrected chi connectivity index (χ1v) is 17.1. The van der Waals surface area contributed by atoms with E-state index in [4.69, 9.17) is 28.1 Å². The minimum absolute atomic E-state index is 0.0273. The lowest BCUT2D eigenvalue weighted by molar-refractivity contribution is -0.231. The van der Waals surface area contributed by atoms with Gasteiger partial charge in [0.1, 0.15) is 11.7 Å². The maximum absolute atomic E-state index is 14.3. The Bertz CT molecular complexity index is 1200. The van der Waals surface area contributed by atoms with E-state index in [-0.39, 0.29) is 28.7 Å². The van der Waals surface area contributed by atoms with Crippen LogP contribution in [0, 0.1) is 16.7 Å². The Morgan fingerprint density at radius 2 is 1.77 bits per heavy atom. The van der Waals surface area contributed by atoms with Crippen molar-refractivity contribution in [3.63, 3.8) is 0 Å². The van der Waals surface area contributed by atoms with Crippen molar-refractivity contribution in [3.8, 4) is 0 Å². The number of rotatable bonds is 5. The molecule has 2 aliphatic heterocycles. The molecule has 0 radical (unpaired) electrons. The zero-order chi connectivity index (χ0) is 29.5. The van der Waals surface area contributed by atoms with Crippen molar-refractivity contribution in [1.82, 2.24) is 0 Å². The highest BCUT2D eigenvalue weighted by atomic mass is 28.4. The van der Waals surface area contributed by atoms with Crippen LogP contribution in [0.25, 0.3) is 0 Å². The van der Waals surface area contributed by atoms with Crippen LogP contribution in [0.1, 0.15) is 53.9 Å². The van der Waals surface area contributed by atoms with E-state index in [9.17, 15) is 14.7 Å². The molecule has 0 amide bonds. The molecule has 3 fully saturated rings. The number of esters is 1. The molecule has 1 spiro atoms. The summed E-state index contributed by atoms with van der Waals surface area (Å²) in [4.78, 5) is 27.5. The van der Waals surface area contributed by atoms with E-state index in [1.165, 1.54) is 13.4 Å². The van der Waals surface area contributed by atoms with Crippen molar-refractivity contribution in [1.29, 1.82) is 0 Å². The Hall–Kier alpha value is -1.98. The number of cyclic esters (lactones) is 1. The smallest absolute Gasteiger partial charge is 0.342 e. The van der Waals surface area contributed by atoms with Gasteiger partial charge in [-0.05, 0) is 49.4 Å². The molecule has 2 saturated heterocycles. The van der Waals surface area contributed by atoms with Crippen LogP contribution < -0.4 is 0 Å². The van der Waals surface area contributed by atoms with E-state index in [0.717, 1.165) is 5.57 Å². The maximum atomic E-state index is 14.3. The normalized spacial score (nSPS) is 36.6. The van der Waals surface area contributed by atoms with E-state index in [1.807, 2.05) is 6.92 Å². The number of carbonyl (C=O) groups is 2. The Morgan fingerprint density at radius 3 is 2.35 bits per heavy atom. The number of methoxy groups -OCH3 is 2. The van der Waals surface area contributed by atoms with Crippen LogP contribution >= 0.6 is 0 Å². The molecule has 3 aliphatic carbocycles. The second kappa shape index (κ2) is 9.52. The first kappa shape index (κ1) is 29.5. The topological polar surface area (TPSA) is 110 Å². The molecule has 5 aliphatic rings. The molecule has 5 atom stereocenters. The molecule has 222 valence electrons. The van der Waals surface area contributed by atoms with Gasteiger partial charge in [-0.25, -0.2) is 4.79 Å². The molecule has 40 heavy (non-hydrogen) atoms. The molecule has 1 saturated carbocycles. The van der Waals surface area contributed by atoms with Gasteiger partial charge in [0.05, 0.1) is 44.7 Å². The second-order valence-corrected chi connectivity index (χ2v) is 18.5. The van der Waals surface area contributed by atoms with Gasteiger partial charge in [0.15, 0.2) is 19.9 Å². The molecule has 10 heteroatoms. The number of allylic oxidation sites excluding steroid dienone is 1. The van der Waals surface area contributed by atoms with Crippen LogP contribution in [0.5, 0.6) is 0 Å². The lowest BCUT2D eigenvalue weighted by Gasteiger charge is -2.57. The first-order valence-electron chi connectivity index (χ1n) is 14.2. The average molecular weight is 577 g/mol. The SMILES string of the molecule is CO/C=C1/C(=O)O[C@H](COC)[C@@]2(C)C1=C(O)C(=O)C1=C2[C@H](O[Si](C)(C)C(C)(C)C)C[C@@]2(C)[C@H]1CCC21OCCO1. The van der Waals surface area contributed by atoms with Crippen LogP contribution in [0.15, 0.2) is 34.3 Å². The molecule has 1 N–H and O–H groups in total. The molecular weight excluding hydrogens is 532 g/mol. The average Bonchev–Trinajstić information content (AvgIpc) is 3.45. The Kier molecular flexibility index (Phi) is 7.02. The number of aliphatic hydroxyl groups is 1. The Morgan fingerprint density at radius 1 is 1.12 bits per heavy atom. The van der Waals surface area contributed by atoms with Gasteiger partial charge in [-0.1, -0.05) is 27.7 Å². The molecule has 0 bridgehead atoms. The van der Waals surface area contributed by atoms with Crippen molar-refractivity contribution in [2.75, 3.05) is 34.0 Å². The van der Waals surface area contributed by atoms with Crippen LogP contribution in [-0.2, 0) is 37.7 Å². The van der Waals surface area contributed by atoms with Gasteiger partial charge in [-0.3, -0.25) is 4.79 Å². The molecule has 5 rings (SSSR count). The fraction of sp³-hybridized carbons (Fsp3) is 0.733. The molecule has 0 aromatic carbocycles. The highest BCUT2D eigenvalue weighted by Gasteiger charge is 2.69. The quantitative estimate of drug-likeness (QED) is 0.215. The number of ketones is 1. The van der Waals surface area contributed by atoms with Gasteiger partial charge in [0.2, 0.25) is 5.78 Å². The van der Waals surface area contributed by atoms with Gasteiger partial charge in [0, 0.05) is 30.1 Å². The Balaban J connectivity index is 1.79. The maximum Gasteiger partial charge on any atom is 0.342 e. The summed E-state index contributed by atoms with van der Waals surface area (Å²) in [5, 5.41) is 11.5. The summed E-state index contributed by atoms with van der Waals surface area (Å²) < 4.78 is 36.6. The lowest BCUT2D eigenvalue weighted by atomic mass is 9.53. The third-order valence-electron chi connectivity index (χ3n) is 10.7. The van der Waals surface area contributed by atoms with E-state index >= 15 is 0 Å². The number of Topliss-reactive ketones (excluding diaryl/α,β-unsaturated/α-hetero) is 1. The zero-order valence-electron chi connectivity index (χ0n) is 25.3. The largest absolute Gasteiger partial charge is 0.504 e. The van der Waals surface area contributed by atoms with Gasteiger partial charge >= 0.3 is 5.97 Å². The summed E-state index contributed by atoms with van der Waals surface area (Å²) in [6.45, 7) is 16.1. The van der Waals surface area contributed by atoms with Gasteiger partial charge in [-0.15, -0.1) is 0 Å². The summed E-state index contributed by atoms with van der Waals surface area (Å²) >= 11 is 0. The lowest BCUT2D eigenvalue weighted by Crippen LogP contribution is -2.60. The predicted octanol–water partition coefficient (Wildman–Crippen LogP) is 4.74. The molecule has 2 heterocycles. The highest BCUT2D eigenvalue weighted by molar-refractivity contribution is 6.74. The standard InChI is InChI=1S/C30H44O9Si/c1-27(2,3)40(8,9)39-19-14-28(4)18(10-11-30(28)36-12-13-37-30)21-23(19)29(5)20(16-35-7)38-26(33)17(15-34-6)22(29)25(32)24(21)31/h15,18-20,32H,10-14,16H2,1-9H3/b17-15+/t18-,19+,20+,28-,29-/m0/s1. The molecular formula is C30H44O9Si. The van der Waals surface area contributed by atoms with E-state index in [2.05, 4.69) is 40.8 Å². The minimum atomic E-state index is -2.40. The van der Waals surface area contributed by atoms with E-state index in [0.29, 0.717) is 38.0 Å². The summed E-state index contributed by atoms with van der Waals surface area (Å²) in [5.74, 6) is -2.66. The third-order valence-corrected chi connectivity index (χ3v) is 15.2. The fourth-order valence-electron chi connectivity index (χ4n) is 7.62. The number of ether oxygens (including phenoxy) is 5. The third kappa shape index (κ3) is 3.86. The first-order chi connectivity index (χ1) is 18.6.